The van der Waals surface area contributed by atoms with Gasteiger partial charge in [-0.1, -0.05) is 5.16 Å². The summed E-state index contributed by atoms with van der Waals surface area (Å²) < 4.78 is 18.1. The normalized spacial score (nSPS) is 10.8. The highest BCUT2D eigenvalue weighted by Crippen LogP contribution is 2.24. The molecule has 0 saturated heterocycles. The van der Waals surface area contributed by atoms with E-state index in [1.54, 1.807) is 55.6 Å². The number of amides is 1. The molecule has 4 heterocycles. The molecule has 0 bridgehead atoms. The van der Waals surface area contributed by atoms with Crippen molar-refractivity contribution in [3.05, 3.63) is 84.5 Å². The smallest absolute Gasteiger partial charge is 0.277 e. The summed E-state index contributed by atoms with van der Waals surface area (Å²) in [5, 5.41) is 6.56. The number of carbonyl (C=O) groups is 1. The minimum Gasteiger partial charge on any atom is -0.461 e. The Balaban J connectivity index is 1.27. The molecule has 1 aromatic carbocycles. The van der Waals surface area contributed by atoms with Crippen molar-refractivity contribution in [1.82, 2.24) is 24.7 Å². The fourth-order valence-electron chi connectivity index (χ4n) is 3.16. The first-order chi connectivity index (χ1) is 16.0. The van der Waals surface area contributed by atoms with E-state index in [0.29, 0.717) is 40.5 Å². The third kappa shape index (κ3) is 4.35. The zero-order valence-corrected chi connectivity index (χ0v) is 17.7. The second-order valence-corrected chi connectivity index (χ2v) is 7.09. The van der Waals surface area contributed by atoms with Crippen LogP contribution in [0, 0.1) is 13.8 Å². The number of hydrogen-bond donors (Lipinski definition) is 1. The number of aryl methyl sites for hydroxylation is 2. The maximum atomic E-state index is 12.5. The van der Waals surface area contributed by atoms with Crippen molar-refractivity contribution in [2.24, 2.45) is 0 Å². The molecule has 0 fully saturated rings. The van der Waals surface area contributed by atoms with E-state index in [1.807, 2.05) is 17.7 Å². The van der Waals surface area contributed by atoms with Gasteiger partial charge in [-0.15, -0.1) is 0 Å². The van der Waals surface area contributed by atoms with Gasteiger partial charge in [-0.25, -0.2) is 9.97 Å². The largest absolute Gasteiger partial charge is 0.461 e. The third-order valence-corrected chi connectivity index (χ3v) is 4.71. The monoisotopic (exact) mass is 442 g/mol. The summed E-state index contributed by atoms with van der Waals surface area (Å²) in [6.07, 6.45) is 5.05. The van der Waals surface area contributed by atoms with Crippen LogP contribution in [-0.4, -0.2) is 30.6 Å². The van der Waals surface area contributed by atoms with Crippen LogP contribution < -0.4 is 10.1 Å². The van der Waals surface area contributed by atoms with Crippen LogP contribution in [-0.2, 0) is 0 Å². The topological polar surface area (TPSA) is 121 Å². The molecule has 1 amide bonds. The molecule has 0 aliphatic carbocycles. The zero-order valence-electron chi connectivity index (χ0n) is 17.7. The molecule has 0 radical (unpaired) electrons. The lowest BCUT2D eigenvalue weighted by molar-refractivity contribution is 0.101. The molecule has 0 atom stereocenters. The molecular formula is C23H18N6O4. The number of imidazole rings is 1. The quantitative estimate of drug-likeness (QED) is 0.406. The molecule has 5 rings (SSSR count). The van der Waals surface area contributed by atoms with Gasteiger partial charge in [0.05, 0.1) is 6.26 Å². The molecule has 5 aromatic rings. The molecule has 0 unspecified atom stereocenters. The van der Waals surface area contributed by atoms with E-state index in [2.05, 4.69) is 25.4 Å². The predicted octanol–water partition coefficient (Wildman–Crippen LogP) is 4.57. The third-order valence-electron chi connectivity index (χ3n) is 4.71. The van der Waals surface area contributed by atoms with Crippen LogP contribution in [0.4, 0.5) is 5.69 Å². The number of hydrogen-bond acceptors (Lipinski definition) is 8. The Kier molecular flexibility index (Phi) is 5.15. The van der Waals surface area contributed by atoms with Gasteiger partial charge in [0, 0.05) is 30.2 Å². The van der Waals surface area contributed by atoms with E-state index in [1.165, 1.54) is 12.3 Å². The molecule has 4 aromatic heterocycles. The van der Waals surface area contributed by atoms with Gasteiger partial charge in [0.25, 0.3) is 5.91 Å². The summed E-state index contributed by atoms with van der Waals surface area (Å²) in [7, 11) is 0. The van der Waals surface area contributed by atoms with Crippen LogP contribution in [0.1, 0.15) is 22.1 Å². The van der Waals surface area contributed by atoms with Gasteiger partial charge in [0.2, 0.25) is 11.6 Å². The number of rotatable bonds is 6. The number of anilines is 1. The molecular weight excluding hydrogens is 424 g/mol. The van der Waals surface area contributed by atoms with E-state index in [0.717, 1.165) is 5.82 Å². The number of ether oxygens (including phenoxy) is 1. The highest BCUT2D eigenvalue weighted by molar-refractivity contribution is 6.03. The molecule has 0 aliphatic rings. The fourth-order valence-corrected chi connectivity index (χ4v) is 3.16. The number of aromatic nitrogens is 5. The molecule has 10 heteroatoms. The van der Waals surface area contributed by atoms with E-state index in [4.69, 9.17) is 13.7 Å². The second-order valence-electron chi connectivity index (χ2n) is 7.09. The molecule has 0 saturated carbocycles. The van der Waals surface area contributed by atoms with E-state index < -0.39 is 5.91 Å². The van der Waals surface area contributed by atoms with Crippen LogP contribution in [0.3, 0.4) is 0 Å². The lowest BCUT2D eigenvalue weighted by Crippen LogP contribution is -2.12. The SMILES string of the molecule is Cc1nc(Oc2ccc(NC(=O)c3cc(-c4ccco4)on3)cc2)cc(-n2ccnc2C)n1. The average molecular weight is 442 g/mol. The maximum Gasteiger partial charge on any atom is 0.277 e. The van der Waals surface area contributed by atoms with E-state index >= 15 is 0 Å². The van der Waals surface area contributed by atoms with Gasteiger partial charge in [-0.2, -0.15) is 4.98 Å². The van der Waals surface area contributed by atoms with Gasteiger partial charge in [-0.3, -0.25) is 9.36 Å². The van der Waals surface area contributed by atoms with Gasteiger partial charge >= 0.3 is 0 Å². The van der Waals surface area contributed by atoms with Crippen LogP contribution in [0.5, 0.6) is 11.6 Å². The number of nitrogens with zero attached hydrogens (tertiary/aromatic N) is 5. The van der Waals surface area contributed by atoms with Crippen molar-refractivity contribution in [1.29, 1.82) is 0 Å². The van der Waals surface area contributed by atoms with Gasteiger partial charge in [0.1, 0.15) is 23.2 Å². The molecule has 1 N–H and O–H groups in total. The fraction of sp³-hybridized carbons (Fsp3) is 0.0870. The standard InChI is InChI=1S/C23H18N6O4/c1-14-25-21(29-10-9-24-15(29)2)13-22(26-14)32-17-7-5-16(6-8-17)27-23(30)18-12-20(33-28-18)19-4-3-11-31-19/h3-13H,1-2H3,(H,27,30). The Bertz CT molecular complexity index is 1400. The van der Waals surface area contributed by atoms with Crippen LogP contribution in [0.15, 0.2) is 76.1 Å². The molecule has 0 aliphatic heterocycles. The van der Waals surface area contributed by atoms with Crippen molar-refractivity contribution < 1.29 is 18.5 Å². The van der Waals surface area contributed by atoms with Crippen LogP contribution in [0.25, 0.3) is 17.3 Å². The molecule has 10 nitrogen and oxygen atoms in total. The van der Waals surface area contributed by atoms with Gasteiger partial charge in [-0.05, 0) is 50.2 Å². The van der Waals surface area contributed by atoms with Crippen molar-refractivity contribution in [3.63, 3.8) is 0 Å². The first-order valence-electron chi connectivity index (χ1n) is 10.0. The van der Waals surface area contributed by atoms with E-state index in [9.17, 15) is 4.79 Å². The Morgan fingerprint density at radius 3 is 2.64 bits per heavy atom. The average Bonchev–Trinajstić information content (AvgIpc) is 3.56. The maximum absolute atomic E-state index is 12.5. The first-order valence-corrected chi connectivity index (χ1v) is 10.0. The highest BCUT2D eigenvalue weighted by Gasteiger charge is 2.15. The van der Waals surface area contributed by atoms with Crippen molar-refractivity contribution in [3.8, 4) is 29.0 Å². The summed E-state index contributed by atoms with van der Waals surface area (Å²) in [6, 6.07) is 13.6. The Morgan fingerprint density at radius 1 is 1.06 bits per heavy atom. The van der Waals surface area contributed by atoms with Gasteiger partial charge in [0.15, 0.2) is 11.5 Å². The van der Waals surface area contributed by atoms with E-state index in [-0.39, 0.29) is 5.69 Å². The summed E-state index contributed by atoms with van der Waals surface area (Å²) in [6.45, 7) is 3.68. The van der Waals surface area contributed by atoms with Crippen LogP contribution >= 0.6 is 0 Å². The Hall–Kier alpha value is -4.73. The van der Waals surface area contributed by atoms with Gasteiger partial charge < -0.3 is 19.0 Å². The predicted molar refractivity (Wildman–Crippen MR) is 117 cm³/mol. The molecule has 0 spiro atoms. The number of benzene rings is 1. The lowest BCUT2D eigenvalue weighted by atomic mass is 10.2. The van der Waals surface area contributed by atoms with Crippen molar-refractivity contribution in [2.75, 3.05) is 5.32 Å². The summed E-state index contributed by atoms with van der Waals surface area (Å²) >= 11 is 0. The van der Waals surface area contributed by atoms with Crippen molar-refractivity contribution in [2.45, 2.75) is 13.8 Å². The highest BCUT2D eigenvalue weighted by atomic mass is 16.5. The summed E-state index contributed by atoms with van der Waals surface area (Å²) in [5.41, 5.74) is 0.712. The second kappa shape index (κ2) is 8.42. The summed E-state index contributed by atoms with van der Waals surface area (Å²) in [4.78, 5) is 25.5. The van der Waals surface area contributed by atoms with Crippen LogP contribution in [0.2, 0.25) is 0 Å². The Labute approximate surface area is 187 Å². The Morgan fingerprint density at radius 2 is 1.91 bits per heavy atom. The molecule has 33 heavy (non-hydrogen) atoms. The zero-order chi connectivity index (χ0) is 22.8. The number of carbonyl (C=O) groups excluding carboxylic acids is 1. The summed E-state index contributed by atoms with van der Waals surface area (Å²) in [5.74, 6) is 3.46. The lowest BCUT2D eigenvalue weighted by Gasteiger charge is -2.10. The minimum atomic E-state index is -0.406. The van der Waals surface area contributed by atoms with Crippen molar-refractivity contribution >= 4 is 11.6 Å². The molecule has 164 valence electrons. The number of furan rings is 1. The minimum absolute atomic E-state index is 0.139. The number of nitrogens with one attached hydrogen (secondary N) is 1. The first kappa shape index (κ1) is 20.2.